The number of aliphatic carboxylic acids is 1. The molecule has 1 heterocycles. The second-order valence-electron chi connectivity index (χ2n) is 3.27. The van der Waals surface area contributed by atoms with Crippen molar-refractivity contribution in [2.75, 3.05) is 0 Å². The molecule has 0 saturated carbocycles. The fourth-order valence-corrected chi connectivity index (χ4v) is 2.03. The zero-order valence-corrected chi connectivity index (χ0v) is 10.1. The van der Waals surface area contributed by atoms with Gasteiger partial charge in [-0.1, -0.05) is 15.9 Å². The second-order valence-corrected chi connectivity index (χ2v) is 3.83. The first kappa shape index (κ1) is 13.0. The van der Waals surface area contributed by atoms with Crippen LogP contribution in [0.4, 0.5) is 8.78 Å². The van der Waals surface area contributed by atoms with Crippen molar-refractivity contribution < 1.29 is 18.7 Å². The lowest BCUT2D eigenvalue weighted by molar-refractivity contribution is -0.136. The molecule has 0 aliphatic carbocycles. The van der Waals surface area contributed by atoms with Gasteiger partial charge in [0.2, 0.25) is 0 Å². The van der Waals surface area contributed by atoms with Crippen LogP contribution in [0.2, 0.25) is 0 Å². The summed E-state index contributed by atoms with van der Waals surface area (Å²) in [6, 6.07) is 0. The molecule has 0 aliphatic rings. The van der Waals surface area contributed by atoms with E-state index >= 15 is 0 Å². The van der Waals surface area contributed by atoms with Crippen molar-refractivity contribution in [3.05, 3.63) is 28.6 Å². The Morgan fingerprint density at radius 2 is 2.25 bits per heavy atom. The number of rotatable bonds is 4. The predicted molar refractivity (Wildman–Crippen MR) is 57.9 cm³/mol. The SMILES string of the molecule is Cc1c(CBr)ncc(CC(=O)O)c1C(F)F. The standard InChI is InChI=1S/C10H10BrF2NO2/c1-5-7(3-11)14-4-6(2-8(15)16)9(5)10(12)13/h4,10H,2-3H2,1H3,(H,15,16). The van der Waals surface area contributed by atoms with Gasteiger partial charge in [0.25, 0.3) is 6.43 Å². The van der Waals surface area contributed by atoms with Crippen LogP contribution in [-0.2, 0) is 16.5 Å². The number of nitrogens with zero attached hydrogens (tertiary/aromatic N) is 1. The lowest BCUT2D eigenvalue weighted by Gasteiger charge is -2.12. The second kappa shape index (κ2) is 5.34. The molecule has 0 aromatic carbocycles. The molecular formula is C10H10BrF2NO2. The van der Waals surface area contributed by atoms with Gasteiger partial charge in [-0.2, -0.15) is 0 Å². The summed E-state index contributed by atoms with van der Waals surface area (Å²) in [6.07, 6.45) is -1.91. The Balaban J connectivity index is 3.28. The van der Waals surface area contributed by atoms with Gasteiger partial charge in [0.15, 0.2) is 0 Å². The number of carbonyl (C=O) groups is 1. The molecule has 0 amide bonds. The topological polar surface area (TPSA) is 50.2 Å². The number of pyridine rings is 1. The van der Waals surface area contributed by atoms with E-state index in [1.165, 1.54) is 13.1 Å². The molecular weight excluding hydrogens is 284 g/mol. The molecule has 0 fully saturated rings. The molecule has 0 saturated heterocycles. The lowest BCUT2D eigenvalue weighted by Crippen LogP contribution is -2.08. The van der Waals surface area contributed by atoms with Gasteiger partial charge < -0.3 is 5.11 Å². The Morgan fingerprint density at radius 3 is 2.69 bits per heavy atom. The van der Waals surface area contributed by atoms with E-state index < -0.39 is 18.8 Å². The number of hydrogen-bond donors (Lipinski definition) is 1. The van der Waals surface area contributed by atoms with Crippen molar-refractivity contribution >= 4 is 21.9 Å². The van der Waals surface area contributed by atoms with Crippen molar-refractivity contribution in [3.8, 4) is 0 Å². The smallest absolute Gasteiger partial charge is 0.307 e. The van der Waals surface area contributed by atoms with Crippen molar-refractivity contribution in [3.63, 3.8) is 0 Å². The van der Waals surface area contributed by atoms with Crippen LogP contribution in [-0.4, -0.2) is 16.1 Å². The highest BCUT2D eigenvalue weighted by atomic mass is 79.9. The summed E-state index contributed by atoms with van der Waals surface area (Å²) in [5.74, 6) is -1.14. The average Bonchev–Trinajstić information content (AvgIpc) is 2.16. The molecule has 0 aliphatic heterocycles. The zero-order valence-electron chi connectivity index (χ0n) is 8.51. The number of alkyl halides is 3. The van der Waals surface area contributed by atoms with E-state index in [9.17, 15) is 13.6 Å². The van der Waals surface area contributed by atoms with Crippen LogP contribution in [0.5, 0.6) is 0 Å². The molecule has 1 rings (SSSR count). The van der Waals surface area contributed by atoms with Gasteiger partial charge in [0.05, 0.1) is 12.1 Å². The van der Waals surface area contributed by atoms with E-state index in [1.807, 2.05) is 0 Å². The van der Waals surface area contributed by atoms with E-state index in [4.69, 9.17) is 5.11 Å². The van der Waals surface area contributed by atoms with Gasteiger partial charge in [-0.05, 0) is 18.1 Å². The van der Waals surface area contributed by atoms with Crippen molar-refractivity contribution in [1.82, 2.24) is 4.98 Å². The van der Waals surface area contributed by atoms with Gasteiger partial charge in [0.1, 0.15) is 0 Å². The molecule has 1 aromatic rings. The van der Waals surface area contributed by atoms with Crippen LogP contribution < -0.4 is 0 Å². The Kier molecular flexibility index (Phi) is 4.35. The molecule has 1 aromatic heterocycles. The predicted octanol–water partition coefficient (Wildman–Crippen LogP) is 2.85. The Bertz CT molecular complexity index is 410. The monoisotopic (exact) mass is 293 g/mol. The van der Waals surface area contributed by atoms with Crippen molar-refractivity contribution in [1.29, 1.82) is 0 Å². The fourth-order valence-electron chi connectivity index (χ4n) is 1.46. The van der Waals surface area contributed by atoms with Crippen LogP contribution in [0.1, 0.15) is 28.8 Å². The molecule has 0 atom stereocenters. The molecule has 88 valence electrons. The van der Waals surface area contributed by atoms with Crippen LogP contribution in [0.3, 0.4) is 0 Å². The summed E-state index contributed by atoms with van der Waals surface area (Å²) in [6.45, 7) is 1.52. The average molecular weight is 294 g/mol. The maximum Gasteiger partial charge on any atom is 0.307 e. The molecule has 16 heavy (non-hydrogen) atoms. The molecule has 1 N–H and O–H groups in total. The Morgan fingerprint density at radius 1 is 1.62 bits per heavy atom. The molecule has 0 radical (unpaired) electrons. The third-order valence-corrected chi connectivity index (χ3v) is 2.78. The minimum absolute atomic E-state index is 0.0738. The van der Waals surface area contributed by atoms with Gasteiger partial charge in [-0.15, -0.1) is 0 Å². The highest BCUT2D eigenvalue weighted by Crippen LogP contribution is 2.28. The highest BCUT2D eigenvalue weighted by Gasteiger charge is 2.20. The third kappa shape index (κ3) is 2.75. The highest BCUT2D eigenvalue weighted by molar-refractivity contribution is 9.08. The molecule has 0 bridgehead atoms. The number of aromatic nitrogens is 1. The third-order valence-electron chi connectivity index (χ3n) is 2.25. The summed E-state index contributed by atoms with van der Waals surface area (Å²) in [4.78, 5) is 14.5. The molecule has 3 nitrogen and oxygen atoms in total. The van der Waals surface area contributed by atoms with Gasteiger partial charge in [-0.25, -0.2) is 8.78 Å². The van der Waals surface area contributed by atoms with Crippen LogP contribution in [0, 0.1) is 6.92 Å². The summed E-state index contributed by atoms with van der Waals surface area (Å²) in [7, 11) is 0. The number of halogens is 3. The minimum Gasteiger partial charge on any atom is -0.481 e. The van der Waals surface area contributed by atoms with E-state index in [2.05, 4.69) is 20.9 Å². The zero-order chi connectivity index (χ0) is 12.3. The Labute approximate surface area is 99.6 Å². The maximum atomic E-state index is 12.8. The molecule has 0 unspecified atom stereocenters. The van der Waals surface area contributed by atoms with Gasteiger partial charge in [0, 0.05) is 17.1 Å². The maximum absolute atomic E-state index is 12.8. The van der Waals surface area contributed by atoms with E-state index in [-0.39, 0.29) is 11.1 Å². The van der Waals surface area contributed by atoms with Gasteiger partial charge >= 0.3 is 5.97 Å². The first-order chi connectivity index (χ1) is 7.47. The summed E-state index contributed by atoms with van der Waals surface area (Å²) < 4.78 is 25.6. The first-order valence-electron chi connectivity index (χ1n) is 4.50. The normalized spacial score (nSPS) is 10.8. The van der Waals surface area contributed by atoms with E-state index in [1.54, 1.807) is 0 Å². The molecule has 0 spiro atoms. The summed E-state index contributed by atoms with van der Waals surface area (Å²) in [5.41, 5.74) is 0.714. The largest absolute Gasteiger partial charge is 0.481 e. The first-order valence-corrected chi connectivity index (χ1v) is 5.62. The van der Waals surface area contributed by atoms with E-state index in [0.29, 0.717) is 16.6 Å². The fraction of sp³-hybridized carbons (Fsp3) is 0.400. The van der Waals surface area contributed by atoms with Crippen LogP contribution in [0.25, 0.3) is 0 Å². The van der Waals surface area contributed by atoms with Crippen molar-refractivity contribution in [2.24, 2.45) is 0 Å². The number of carboxylic acids is 1. The summed E-state index contributed by atoms with van der Waals surface area (Å²) in [5, 5.41) is 8.98. The van der Waals surface area contributed by atoms with Crippen LogP contribution in [0.15, 0.2) is 6.20 Å². The minimum atomic E-state index is -2.69. The quantitative estimate of drug-likeness (QED) is 0.869. The summed E-state index contributed by atoms with van der Waals surface area (Å²) >= 11 is 3.14. The lowest BCUT2D eigenvalue weighted by atomic mass is 10.0. The Hall–Kier alpha value is -1.04. The van der Waals surface area contributed by atoms with Crippen LogP contribution >= 0.6 is 15.9 Å². The molecule has 6 heteroatoms. The number of carboxylic acid groups (broad SMARTS) is 1. The van der Waals surface area contributed by atoms with Gasteiger partial charge in [-0.3, -0.25) is 9.78 Å². The van der Waals surface area contributed by atoms with E-state index in [0.717, 1.165) is 0 Å². The van der Waals surface area contributed by atoms with Crippen molar-refractivity contribution in [2.45, 2.75) is 25.1 Å². The number of hydrogen-bond acceptors (Lipinski definition) is 2.